The van der Waals surface area contributed by atoms with E-state index in [9.17, 15) is 4.79 Å². The van der Waals surface area contributed by atoms with Crippen molar-refractivity contribution in [2.75, 3.05) is 12.0 Å². The Kier molecular flexibility index (Phi) is 9.03. The number of nitrogens with two attached hydrogens (primary N) is 1. The van der Waals surface area contributed by atoms with Crippen LogP contribution in [-0.2, 0) is 17.9 Å². The fraction of sp³-hybridized carbons (Fsp3) is 0.444. The van der Waals surface area contributed by atoms with Crippen LogP contribution in [-0.4, -0.2) is 33.7 Å². The predicted octanol–water partition coefficient (Wildman–Crippen LogP) is 2.67. The molecule has 0 radical (unpaired) electrons. The van der Waals surface area contributed by atoms with E-state index in [0.717, 1.165) is 29.2 Å². The zero-order valence-electron chi connectivity index (χ0n) is 15.0. The lowest BCUT2D eigenvalue weighted by Crippen LogP contribution is -2.40. The van der Waals surface area contributed by atoms with Crippen molar-refractivity contribution in [1.29, 1.82) is 0 Å². The maximum absolute atomic E-state index is 12.1. The van der Waals surface area contributed by atoms with Crippen LogP contribution in [0.4, 0.5) is 0 Å². The molecule has 0 aliphatic heterocycles. The maximum Gasteiger partial charge on any atom is 0.237 e. The molecule has 1 atom stereocenters. The van der Waals surface area contributed by atoms with Crippen LogP contribution in [0.25, 0.3) is 0 Å². The average Bonchev–Trinajstić information content (AvgIpc) is 2.85. The van der Waals surface area contributed by atoms with Crippen molar-refractivity contribution in [2.24, 2.45) is 5.73 Å². The molecule has 25 heavy (non-hydrogen) atoms. The molecule has 0 saturated carbocycles. The molecule has 0 aliphatic rings. The molecule has 1 aromatic heterocycles. The largest absolute Gasteiger partial charge is 0.351 e. The standard InChI is InChI=1S/C18H26N4OS.ClH/c1-13-16(11-20-18(23)17(19)9-10-24-3)14(2)22(21-13)12-15-7-5-4-6-8-15;/h4-8,17H,9-12,19H2,1-3H3,(H,20,23);1H. The van der Waals surface area contributed by atoms with Gasteiger partial charge >= 0.3 is 0 Å². The molecular formula is C18H27ClN4OS. The molecule has 0 aliphatic carbocycles. The molecule has 2 aromatic rings. The Morgan fingerprint density at radius 2 is 2.00 bits per heavy atom. The highest BCUT2D eigenvalue weighted by molar-refractivity contribution is 7.98. The summed E-state index contributed by atoms with van der Waals surface area (Å²) >= 11 is 1.70. The Morgan fingerprint density at radius 3 is 2.64 bits per heavy atom. The Balaban J connectivity index is 0.00000312. The highest BCUT2D eigenvalue weighted by atomic mass is 35.5. The molecule has 1 heterocycles. The minimum Gasteiger partial charge on any atom is -0.351 e. The summed E-state index contributed by atoms with van der Waals surface area (Å²) in [6.45, 7) is 5.22. The van der Waals surface area contributed by atoms with Gasteiger partial charge in [-0.1, -0.05) is 30.3 Å². The second-order valence-electron chi connectivity index (χ2n) is 5.90. The lowest BCUT2D eigenvalue weighted by Gasteiger charge is -2.12. The number of benzene rings is 1. The maximum atomic E-state index is 12.1. The Morgan fingerprint density at radius 1 is 1.32 bits per heavy atom. The second-order valence-corrected chi connectivity index (χ2v) is 6.88. The van der Waals surface area contributed by atoms with Gasteiger partial charge in [0.2, 0.25) is 5.91 Å². The van der Waals surface area contributed by atoms with E-state index in [0.29, 0.717) is 13.0 Å². The number of thioether (sulfide) groups is 1. The van der Waals surface area contributed by atoms with Gasteiger partial charge in [0.25, 0.3) is 0 Å². The summed E-state index contributed by atoms with van der Waals surface area (Å²) in [5.74, 6) is 0.792. The molecule has 1 amide bonds. The summed E-state index contributed by atoms with van der Waals surface area (Å²) in [5.41, 5.74) is 10.2. The van der Waals surface area contributed by atoms with Crippen molar-refractivity contribution >= 4 is 30.1 Å². The summed E-state index contributed by atoms with van der Waals surface area (Å²) in [5, 5.41) is 7.55. The van der Waals surface area contributed by atoms with Gasteiger partial charge in [0.05, 0.1) is 18.3 Å². The number of rotatable bonds is 8. The molecule has 0 saturated heterocycles. The van der Waals surface area contributed by atoms with Crippen LogP contribution in [0.3, 0.4) is 0 Å². The van der Waals surface area contributed by atoms with Gasteiger partial charge in [-0.25, -0.2) is 0 Å². The highest BCUT2D eigenvalue weighted by Crippen LogP contribution is 2.14. The van der Waals surface area contributed by atoms with Crippen molar-refractivity contribution in [2.45, 2.75) is 39.4 Å². The molecule has 0 fully saturated rings. The van der Waals surface area contributed by atoms with E-state index in [1.165, 1.54) is 5.56 Å². The van der Waals surface area contributed by atoms with Crippen molar-refractivity contribution < 1.29 is 4.79 Å². The Labute approximate surface area is 160 Å². The minimum atomic E-state index is -0.447. The van der Waals surface area contributed by atoms with Gasteiger partial charge < -0.3 is 11.1 Å². The molecule has 3 N–H and O–H groups in total. The third-order valence-electron chi connectivity index (χ3n) is 4.12. The van der Waals surface area contributed by atoms with Gasteiger partial charge in [-0.15, -0.1) is 12.4 Å². The van der Waals surface area contributed by atoms with Gasteiger partial charge in [0.15, 0.2) is 0 Å². The lowest BCUT2D eigenvalue weighted by atomic mass is 10.1. The molecule has 5 nitrogen and oxygen atoms in total. The molecule has 0 spiro atoms. The van der Waals surface area contributed by atoms with E-state index in [1.807, 2.05) is 43.0 Å². The van der Waals surface area contributed by atoms with Gasteiger partial charge in [-0.05, 0) is 37.8 Å². The number of nitrogens with one attached hydrogen (secondary N) is 1. The number of hydrogen-bond donors (Lipinski definition) is 2. The third kappa shape index (κ3) is 6.06. The van der Waals surface area contributed by atoms with Crippen LogP contribution in [0.15, 0.2) is 30.3 Å². The number of aryl methyl sites for hydroxylation is 1. The first-order chi connectivity index (χ1) is 11.5. The van der Waals surface area contributed by atoms with E-state index >= 15 is 0 Å². The molecule has 2 rings (SSSR count). The van der Waals surface area contributed by atoms with E-state index in [1.54, 1.807) is 11.8 Å². The first kappa shape index (κ1) is 21.5. The minimum absolute atomic E-state index is 0. The molecule has 1 aromatic carbocycles. The number of halogens is 1. The van der Waals surface area contributed by atoms with Gasteiger partial charge in [-0.3, -0.25) is 9.48 Å². The quantitative estimate of drug-likeness (QED) is 0.736. The van der Waals surface area contributed by atoms with Crippen LogP contribution in [0, 0.1) is 13.8 Å². The van der Waals surface area contributed by atoms with Crippen LogP contribution < -0.4 is 11.1 Å². The predicted molar refractivity (Wildman–Crippen MR) is 107 cm³/mol. The molecule has 138 valence electrons. The summed E-state index contributed by atoms with van der Waals surface area (Å²) < 4.78 is 1.99. The van der Waals surface area contributed by atoms with Gasteiger partial charge in [0, 0.05) is 17.8 Å². The van der Waals surface area contributed by atoms with E-state index in [-0.39, 0.29) is 18.3 Å². The molecule has 1 unspecified atom stereocenters. The summed E-state index contributed by atoms with van der Waals surface area (Å²) in [4.78, 5) is 12.1. The van der Waals surface area contributed by atoms with E-state index < -0.39 is 6.04 Å². The first-order valence-corrected chi connectivity index (χ1v) is 9.51. The lowest BCUT2D eigenvalue weighted by molar-refractivity contribution is -0.122. The van der Waals surface area contributed by atoms with Crippen LogP contribution in [0.5, 0.6) is 0 Å². The van der Waals surface area contributed by atoms with Crippen molar-refractivity contribution in [3.63, 3.8) is 0 Å². The number of carbonyl (C=O) groups is 1. The monoisotopic (exact) mass is 382 g/mol. The molecular weight excluding hydrogens is 356 g/mol. The van der Waals surface area contributed by atoms with Crippen LogP contribution >= 0.6 is 24.2 Å². The first-order valence-electron chi connectivity index (χ1n) is 8.12. The smallest absolute Gasteiger partial charge is 0.237 e. The van der Waals surface area contributed by atoms with Crippen molar-refractivity contribution in [3.05, 3.63) is 52.8 Å². The van der Waals surface area contributed by atoms with Gasteiger partial charge in [-0.2, -0.15) is 16.9 Å². The molecule has 7 heteroatoms. The number of carbonyl (C=O) groups excluding carboxylic acids is 1. The average molecular weight is 383 g/mol. The summed E-state index contributed by atoms with van der Waals surface area (Å²) in [6.07, 6.45) is 2.71. The summed E-state index contributed by atoms with van der Waals surface area (Å²) in [6, 6.07) is 9.78. The number of hydrogen-bond acceptors (Lipinski definition) is 4. The molecule has 0 bridgehead atoms. The highest BCUT2D eigenvalue weighted by Gasteiger charge is 2.16. The fourth-order valence-corrected chi connectivity index (χ4v) is 3.07. The van der Waals surface area contributed by atoms with E-state index in [4.69, 9.17) is 5.73 Å². The summed E-state index contributed by atoms with van der Waals surface area (Å²) in [7, 11) is 0. The zero-order chi connectivity index (χ0) is 17.5. The zero-order valence-corrected chi connectivity index (χ0v) is 16.6. The topological polar surface area (TPSA) is 72.9 Å². The van der Waals surface area contributed by atoms with Gasteiger partial charge in [0.1, 0.15) is 0 Å². The Hall–Kier alpha value is -1.50. The SMILES string of the molecule is CSCCC(N)C(=O)NCc1c(C)nn(Cc2ccccc2)c1C.Cl. The van der Waals surface area contributed by atoms with Crippen LogP contribution in [0.2, 0.25) is 0 Å². The van der Waals surface area contributed by atoms with Crippen LogP contribution in [0.1, 0.15) is 28.9 Å². The fourth-order valence-electron chi connectivity index (χ4n) is 2.58. The Bertz CT molecular complexity index is 675. The third-order valence-corrected chi connectivity index (χ3v) is 4.76. The number of nitrogens with zero attached hydrogens (tertiary/aromatic N) is 2. The second kappa shape index (κ2) is 10.5. The van der Waals surface area contributed by atoms with Crippen molar-refractivity contribution in [3.8, 4) is 0 Å². The normalized spacial score (nSPS) is 11.7. The van der Waals surface area contributed by atoms with E-state index in [2.05, 4.69) is 22.5 Å². The number of amides is 1. The van der Waals surface area contributed by atoms with Crippen molar-refractivity contribution in [1.82, 2.24) is 15.1 Å². The number of aromatic nitrogens is 2.